The molecule has 0 unspecified atom stereocenters. The van der Waals surface area contributed by atoms with Crippen LogP contribution in [0.2, 0.25) is 0 Å². The number of benzene rings is 1. The molecule has 0 saturated carbocycles. The van der Waals surface area contributed by atoms with Crippen LogP contribution in [0.1, 0.15) is 18.4 Å². The molecule has 24 heavy (non-hydrogen) atoms. The molecule has 2 aromatic rings. The molecule has 1 saturated heterocycles. The molecule has 1 aliphatic rings. The highest BCUT2D eigenvalue weighted by atomic mass is 16.2. The lowest BCUT2D eigenvalue weighted by Gasteiger charge is -2.32. The molecule has 0 spiro atoms. The van der Waals surface area contributed by atoms with E-state index in [1.165, 1.54) is 0 Å². The van der Waals surface area contributed by atoms with Crippen LogP contribution in [0, 0.1) is 6.92 Å². The quantitative estimate of drug-likeness (QED) is 0.905. The minimum atomic E-state index is -0.517. The number of nitrogens with zero attached hydrogens (tertiary/aromatic N) is 3. The van der Waals surface area contributed by atoms with Crippen LogP contribution in [-0.4, -0.2) is 34.3 Å². The summed E-state index contributed by atoms with van der Waals surface area (Å²) in [5.41, 5.74) is 2.60. The fraction of sp³-hybridized carbons (Fsp3) is 0.353. The van der Waals surface area contributed by atoms with E-state index in [0.717, 1.165) is 17.7 Å². The Morgan fingerprint density at radius 2 is 2.04 bits per heavy atom. The van der Waals surface area contributed by atoms with Gasteiger partial charge in [-0.25, -0.2) is 4.79 Å². The number of aromatic nitrogens is 2. The van der Waals surface area contributed by atoms with E-state index in [-0.39, 0.29) is 5.91 Å². The van der Waals surface area contributed by atoms with E-state index in [1.54, 1.807) is 29.0 Å². The van der Waals surface area contributed by atoms with Crippen LogP contribution < -0.4 is 15.5 Å². The first-order valence-corrected chi connectivity index (χ1v) is 7.97. The molecule has 7 nitrogen and oxygen atoms in total. The molecular weight excluding hydrogens is 306 g/mol. The van der Waals surface area contributed by atoms with Crippen molar-refractivity contribution in [2.45, 2.75) is 25.8 Å². The van der Waals surface area contributed by atoms with Gasteiger partial charge in [-0.2, -0.15) is 5.10 Å². The van der Waals surface area contributed by atoms with Crippen LogP contribution in [0.4, 0.5) is 16.2 Å². The maximum atomic E-state index is 12.7. The van der Waals surface area contributed by atoms with Gasteiger partial charge < -0.3 is 15.5 Å². The number of hydrogen-bond acceptors (Lipinski definition) is 3. The standard InChI is InChI=1S/C17H21N5O2/c1-12-5-7-14(8-6-12)22-9-3-4-15(16(22)23)20-17(24)19-13-10-18-21(2)11-13/h5-8,10-11,15H,3-4,9H2,1-2H3,(H2,19,20,24)/t15-/m0/s1. The zero-order valence-electron chi connectivity index (χ0n) is 13.8. The van der Waals surface area contributed by atoms with Crippen molar-refractivity contribution in [3.63, 3.8) is 0 Å². The van der Waals surface area contributed by atoms with Crippen molar-refractivity contribution >= 4 is 23.3 Å². The minimum Gasteiger partial charge on any atom is -0.326 e. The molecule has 0 bridgehead atoms. The molecule has 1 atom stereocenters. The summed E-state index contributed by atoms with van der Waals surface area (Å²) < 4.78 is 1.60. The number of piperidine rings is 1. The molecule has 2 heterocycles. The average Bonchev–Trinajstić information content (AvgIpc) is 2.95. The fourth-order valence-corrected chi connectivity index (χ4v) is 2.80. The summed E-state index contributed by atoms with van der Waals surface area (Å²) >= 11 is 0. The van der Waals surface area contributed by atoms with E-state index in [0.29, 0.717) is 18.7 Å². The van der Waals surface area contributed by atoms with Crippen LogP contribution in [-0.2, 0) is 11.8 Å². The second-order valence-corrected chi connectivity index (χ2v) is 6.02. The van der Waals surface area contributed by atoms with Gasteiger partial charge in [-0.1, -0.05) is 17.7 Å². The highest BCUT2D eigenvalue weighted by molar-refractivity contribution is 6.01. The maximum Gasteiger partial charge on any atom is 0.319 e. The molecule has 1 fully saturated rings. The maximum absolute atomic E-state index is 12.7. The second-order valence-electron chi connectivity index (χ2n) is 6.02. The first kappa shape index (κ1) is 16.0. The molecule has 3 rings (SSSR count). The van der Waals surface area contributed by atoms with Crippen molar-refractivity contribution < 1.29 is 9.59 Å². The van der Waals surface area contributed by atoms with Gasteiger partial charge in [0.05, 0.1) is 11.9 Å². The van der Waals surface area contributed by atoms with Gasteiger partial charge in [0.15, 0.2) is 0 Å². The monoisotopic (exact) mass is 327 g/mol. The van der Waals surface area contributed by atoms with Gasteiger partial charge in [0.2, 0.25) is 5.91 Å². The van der Waals surface area contributed by atoms with Crippen LogP contribution in [0.15, 0.2) is 36.7 Å². The number of hydrogen-bond donors (Lipinski definition) is 2. The molecule has 0 aliphatic carbocycles. The number of carbonyl (C=O) groups is 2. The molecule has 7 heteroatoms. The van der Waals surface area contributed by atoms with Crippen molar-refractivity contribution in [3.05, 3.63) is 42.2 Å². The van der Waals surface area contributed by atoms with Crippen LogP contribution in [0.25, 0.3) is 0 Å². The predicted molar refractivity (Wildman–Crippen MR) is 91.9 cm³/mol. The Hall–Kier alpha value is -2.83. The van der Waals surface area contributed by atoms with E-state index in [1.807, 2.05) is 31.2 Å². The summed E-state index contributed by atoms with van der Waals surface area (Å²) in [5, 5.41) is 9.44. The molecule has 126 valence electrons. The molecule has 1 aromatic carbocycles. The molecule has 3 amide bonds. The summed E-state index contributed by atoms with van der Waals surface area (Å²) in [6.45, 7) is 2.68. The van der Waals surface area contributed by atoms with Gasteiger partial charge >= 0.3 is 6.03 Å². The number of nitrogens with one attached hydrogen (secondary N) is 2. The first-order valence-electron chi connectivity index (χ1n) is 7.97. The van der Waals surface area contributed by atoms with Crippen molar-refractivity contribution in [2.24, 2.45) is 7.05 Å². The van der Waals surface area contributed by atoms with Crippen LogP contribution in [0.3, 0.4) is 0 Å². The largest absolute Gasteiger partial charge is 0.326 e. The lowest BCUT2D eigenvalue weighted by molar-refractivity contribution is -0.121. The molecule has 2 N–H and O–H groups in total. The van der Waals surface area contributed by atoms with E-state index < -0.39 is 12.1 Å². The lowest BCUT2D eigenvalue weighted by atomic mass is 10.0. The topological polar surface area (TPSA) is 79.3 Å². The van der Waals surface area contributed by atoms with Crippen molar-refractivity contribution in [1.82, 2.24) is 15.1 Å². The van der Waals surface area contributed by atoms with Gasteiger partial charge in [0.25, 0.3) is 0 Å². The second kappa shape index (κ2) is 6.74. The number of carbonyl (C=O) groups excluding carboxylic acids is 2. The number of rotatable bonds is 3. The Labute approximate surface area is 140 Å². The Bertz CT molecular complexity index is 738. The highest BCUT2D eigenvalue weighted by Gasteiger charge is 2.30. The lowest BCUT2D eigenvalue weighted by Crippen LogP contribution is -2.53. The van der Waals surface area contributed by atoms with E-state index >= 15 is 0 Å². The summed E-state index contributed by atoms with van der Waals surface area (Å²) in [6, 6.07) is 6.92. The number of amides is 3. The third-order valence-corrected chi connectivity index (χ3v) is 4.05. The van der Waals surface area contributed by atoms with Crippen molar-refractivity contribution in [2.75, 3.05) is 16.8 Å². The van der Waals surface area contributed by atoms with Gasteiger partial charge in [-0.15, -0.1) is 0 Å². The van der Waals surface area contributed by atoms with Crippen molar-refractivity contribution in [1.29, 1.82) is 0 Å². The van der Waals surface area contributed by atoms with E-state index in [2.05, 4.69) is 15.7 Å². The molecule has 1 aliphatic heterocycles. The van der Waals surface area contributed by atoms with Crippen LogP contribution >= 0.6 is 0 Å². The minimum absolute atomic E-state index is 0.0774. The van der Waals surface area contributed by atoms with Gasteiger partial charge in [-0.05, 0) is 31.9 Å². The van der Waals surface area contributed by atoms with E-state index in [4.69, 9.17) is 0 Å². The summed E-state index contributed by atoms with van der Waals surface area (Å²) in [4.78, 5) is 26.5. The summed E-state index contributed by atoms with van der Waals surface area (Å²) in [5.74, 6) is -0.0774. The SMILES string of the molecule is Cc1ccc(N2CCC[C@H](NC(=O)Nc3cnn(C)c3)C2=O)cc1. The van der Waals surface area contributed by atoms with Gasteiger partial charge in [-0.3, -0.25) is 9.48 Å². The third-order valence-electron chi connectivity index (χ3n) is 4.05. The molecule has 0 radical (unpaired) electrons. The Balaban J connectivity index is 1.64. The van der Waals surface area contributed by atoms with E-state index in [9.17, 15) is 9.59 Å². The number of urea groups is 1. The smallest absolute Gasteiger partial charge is 0.319 e. The highest BCUT2D eigenvalue weighted by Crippen LogP contribution is 2.21. The van der Waals surface area contributed by atoms with Crippen LogP contribution in [0.5, 0.6) is 0 Å². The number of anilines is 2. The third kappa shape index (κ3) is 3.56. The Kier molecular flexibility index (Phi) is 4.50. The van der Waals surface area contributed by atoms with Gasteiger partial charge in [0.1, 0.15) is 6.04 Å². The first-order chi connectivity index (χ1) is 11.5. The number of aryl methyl sites for hydroxylation is 2. The van der Waals surface area contributed by atoms with Gasteiger partial charge in [0, 0.05) is 25.5 Å². The fourth-order valence-electron chi connectivity index (χ4n) is 2.80. The molecule has 1 aromatic heterocycles. The Morgan fingerprint density at radius 3 is 2.71 bits per heavy atom. The summed E-state index contributed by atoms with van der Waals surface area (Å²) in [6.07, 6.45) is 4.74. The average molecular weight is 327 g/mol. The zero-order chi connectivity index (χ0) is 17.1. The van der Waals surface area contributed by atoms with Crippen molar-refractivity contribution in [3.8, 4) is 0 Å². The Morgan fingerprint density at radius 1 is 1.29 bits per heavy atom. The molecular formula is C17H21N5O2. The summed E-state index contributed by atoms with van der Waals surface area (Å²) in [7, 11) is 1.77. The zero-order valence-corrected chi connectivity index (χ0v) is 13.8. The predicted octanol–water partition coefficient (Wildman–Crippen LogP) is 2.05. The normalized spacial score (nSPS) is 17.7.